The number of nitrogens with one attached hydrogen (secondary N) is 2. The second-order valence-electron chi connectivity index (χ2n) is 9.89. The Hall–Kier alpha value is -3.97. The van der Waals surface area contributed by atoms with Crippen LogP contribution in [0.4, 0.5) is 0 Å². The van der Waals surface area contributed by atoms with E-state index >= 15 is 0 Å². The molecule has 3 aromatic heterocycles. The molecule has 1 fully saturated rings. The van der Waals surface area contributed by atoms with Crippen LogP contribution >= 0.6 is 0 Å². The Morgan fingerprint density at radius 1 is 1.14 bits per heavy atom. The highest BCUT2D eigenvalue weighted by molar-refractivity contribution is 5.94. The fraction of sp³-hybridized carbons (Fsp3) is 0.300. The van der Waals surface area contributed by atoms with Crippen LogP contribution < -0.4 is 0 Å². The van der Waals surface area contributed by atoms with E-state index in [9.17, 15) is 0 Å². The topological polar surface area (TPSA) is 82.7 Å². The first-order valence-corrected chi connectivity index (χ1v) is 13.1. The zero-order chi connectivity index (χ0) is 25.2. The van der Waals surface area contributed by atoms with E-state index in [1.807, 2.05) is 31.7 Å². The van der Waals surface area contributed by atoms with Gasteiger partial charge in [-0.1, -0.05) is 31.2 Å². The maximum Gasteiger partial charge on any atom is 0.159 e. The van der Waals surface area contributed by atoms with Crippen molar-refractivity contribution in [3.63, 3.8) is 0 Å². The zero-order valence-corrected chi connectivity index (χ0v) is 21.3. The van der Waals surface area contributed by atoms with E-state index in [-0.39, 0.29) is 0 Å². The Balaban J connectivity index is 1.33. The maximum atomic E-state index is 5.49. The number of aromatic amines is 2. The molecular weight excluding hydrogens is 460 g/mol. The summed E-state index contributed by atoms with van der Waals surface area (Å²) in [4.78, 5) is 15.5. The summed E-state index contributed by atoms with van der Waals surface area (Å²) >= 11 is 0. The van der Waals surface area contributed by atoms with Gasteiger partial charge in [0.25, 0.3) is 0 Å². The monoisotopic (exact) mass is 492 g/mol. The van der Waals surface area contributed by atoms with Crippen molar-refractivity contribution in [3.05, 3.63) is 84.2 Å². The number of likely N-dealkylation sites (tertiary alicyclic amines) is 1. The number of nitrogens with zero attached hydrogens (tertiary/aromatic N) is 4. The minimum absolute atomic E-state index is 0.695. The Bertz CT molecular complexity index is 1500. The lowest BCUT2D eigenvalue weighted by atomic mass is 10.0. The van der Waals surface area contributed by atoms with Gasteiger partial charge in [-0.05, 0) is 67.8 Å². The minimum atomic E-state index is 0.695. The predicted octanol–water partition coefficient (Wildman–Crippen LogP) is 6.18. The number of allylic oxidation sites excluding steroid dienone is 3. The molecule has 2 N–H and O–H groups in total. The highest BCUT2D eigenvalue weighted by Crippen LogP contribution is 2.34. The fourth-order valence-electron chi connectivity index (χ4n) is 5.36. The smallest absolute Gasteiger partial charge is 0.159 e. The average molecular weight is 493 g/mol. The summed E-state index contributed by atoms with van der Waals surface area (Å²) < 4.78 is 5.49. The third-order valence-corrected chi connectivity index (χ3v) is 7.26. The van der Waals surface area contributed by atoms with Crippen LogP contribution in [0, 0.1) is 6.92 Å². The molecule has 0 bridgehead atoms. The second kappa shape index (κ2) is 10.2. The number of rotatable bonds is 7. The lowest BCUT2D eigenvalue weighted by molar-refractivity contribution is 0.220. The van der Waals surface area contributed by atoms with E-state index in [1.54, 1.807) is 6.08 Å². The van der Waals surface area contributed by atoms with Gasteiger partial charge in [0.05, 0.1) is 24.1 Å². The van der Waals surface area contributed by atoms with Crippen molar-refractivity contribution in [1.82, 2.24) is 30.0 Å². The third-order valence-electron chi connectivity index (χ3n) is 7.26. The molecule has 0 unspecified atom stereocenters. The highest BCUT2D eigenvalue weighted by Gasteiger charge is 2.21. The average Bonchev–Trinajstić information content (AvgIpc) is 3.68. The summed E-state index contributed by atoms with van der Waals surface area (Å²) in [5, 5.41) is 8.83. The molecule has 37 heavy (non-hydrogen) atoms. The van der Waals surface area contributed by atoms with Gasteiger partial charge in [-0.3, -0.25) is 15.0 Å². The van der Waals surface area contributed by atoms with Crippen molar-refractivity contribution in [1.29, 1.82) is 0 Å². The summed E-state index contributed by atoms with van der Waals surface area (Å²) in [6.07, 6.45) is 14.3. The number of piperidine rings is 1. The number of ether oxygens (including phenoxy) is 1. The number of aromatic nitrogens is 5. The molecule has 188 valence electrons. The van der Waals surface area contributed by atoms with Crippen molar-refractivity contribution in [3.8, 4) is 22.6 Å². The van der Waals surface area contributed by atoms with Crippen molar-refractivity contribution >= 4 is 16.5 Å². The largest absolute Gasteiger partial charge is 0.501 e. The predicted molar refractivity (Wildman–Crippen MR) is 148 cm³/mol. The van der Waals surface area contributed by atoms with Gasteiger partial charge in [0.2, 0.25) is 0 Å². The Kier molecular flexibility index (Phi) is 6.45. The van der Waals surface area contributed by atoms with E-state index in [1.165, 1.54) is 37.9 Å². The fourth-order valence-corrected chi connectivity index (χ4v) is 5.36. The molecule has 5 heterocycles. The van der Waals surface area contributed by atoms with Gasteiger partial charge in [-0.25, -0.2) is 4.98 Å². The molecule has 2 aliphatic rings. The number of hydrogen-bond acceptors (Lipinski definition) is 5. The van der Waals surface area contributed by atoms with Crippen LogP contribution in [0.2, 0.25) is 0 Å². The van der Waals surface area contributed by atoms with Crippen LogP contribution in [-0.2, 0) is 11.3 Å². The molecule has 0 aliphatic carbocycles. The van der Waals surface area contributed by atoms with Gasteiger partial charge < -0.3 is 9.72 Å². The summed E-state index contributed by atoms with van der Waals surface area (Å²) in [6, 6.07) is 8.66. The molecule has 7 heteroatoms. The molecule has 0 amide bonds. The molecule has 1 saturated heterocycles. The Labute approximate surface area is 217 Å². The van der Waals surface area contributed by atoms with Gasteiger partial charge in [0, 0.05) is 47.6 Å². The van der Waals surface area contributed by atoms with Crippen molar-refractivity contribution in [2.45, 2.75) is 39.2 Å². The third kappa shape index (κ3) is 4.74. The molecule has 6 rings (SSSR count). The van der Waals surface area contributed by atoms with E-state index in [0.717, 1.165) is 69.0 Å². The minimum Gasteiger partial charge on any atom is -0.501 e. The number of imidazole rings is 1. The number of H-pyrrole nitrogens is 2. The SMILES string of the molecule is C=C/C=C(/C1=COCC1)c1nc(-c2n[nH]c3ccc(-c4cncc(CN5CCCCC5)c4)cc23)[nH]c1C. The zero-order valence-electron chi connectivity index (χ0n) is 21.3. The molecule has 1 aromatic carbocycles. The normalized spacial score (nSPS) is 16.7. The first-order chi connectivity index (χ1) is 18.2. The van der Waals surface area contributed by atoms with Crippen molar-refractivity contribution in [2.24, 2.45) is 0 Å². The number of aryl methyl sites for hydroxylation is 1. The van der Waals surface area contributed by atoms with Crippen molar-refractivity contribution < 1.29 is 4.74 Å². The van der Waals surface area contributed by atoms with Crippen LogP contribution in [0.25, 0.3) is 39.1 Å². The first kappa shape index (κ1) is 23.4. The number of hydrogen-bond donors (Lipinski definition) is 2. The van der Waals surface area contributed by atoms with Crippen LogP contribution in [-0.4, -0.2) is 49.7 Å². The molecule has 0 atom stereocenters. The molecule has 0 spiro atoms. The maximum absolute atomic E-state index is 5.49. The molecule has 4 aromatic rings. The summed E-state index contributed by atoms with van der Waals surface area (Å²) in [6.45, 7) is 9.93. The van der Waals surface area contributed by atoms with E-state index in [2.05, 4.69) is 55.9 Å². The highest BCUT2D eigenvalue weighted by atomic mass is 16.5. The molecule has 0 radical (unpaired) electrons. The summed E-state index contributed by atoms with van der Waals surface area (Å²) in [5.74, 6) is 0.738. The number of pyridine rings is 1. The van der Waals surface area contributed by atoms with Gasteiger partial charge in [0.15, 0.2) is 5.82 Å². The number of fused-ring (bicyclic) bond motifs is 1. The van der Waals surface area contributed by atoms with E-state index in [0.29, 0.717) is 6.61 Å². The molecular formula is C30H32N6O. The second-order valence-corrected chi connectivity index (χ2v) is 9.89. The molecule has 7 nitrogen and oxygen atoms in total. The van der Waals surface area contributed by atoms with Crippen LogP contribution in [0.3, 0.4) is 0 Å². The lowest BCUT2D eigenvalue weighted by Crippen LogP contribution is -2.29. The van der Waals surface area contributed by atoms with E-state index < -0.39 is 0 Å². The first-order valence-electron chi connectivity index (χ1n) is 13.1. The van der Waals surface area contributed by atoms with Gasteiger partial charge in [0.1, 0.15) is 5.69 Å². The Morgan fingerprint density at radius 3 is 2.84 bits per heavy atom. The van der Waals surface area contributed by atoms with Gasteiger partial charge in [-0.2, -0.15) is 5.10 Å². The van der Waals surface area contributed by atoms with Gasteiger partial charge in [-0.15, -0.1) is 0 Å². The summed E-state index contributed by atoms with van der Waals surface area (Å²) in [5.41, 5.74) is 9.31. The van der Waals surface area contributed by atoms with E-state index in [4.69, 9.17) is 9.72 Å². The summed E-state index contributed by atoms with van der Waals surface area (Å²) in [7, 11) is 0. The quantitative estimate of drug-likeness (QED) is 0.301. The van der Waals surface area contributed by atoms with Crippen LogP contribution in [0.15, 0.2) is 67.2 Å². The molecule has 0 saturated carbocycles. The van der Waals surface area contributed by atoms with Crippen molar-refractivity contribution in [2.75, 3.05) is 19.7 Å². The lowest BCUT2D eigenvalue weighted by Gasteiger charge is -2.26. The van der Waals surface area contributed by atoms with Crippen LogP contribution in [0.1, 0.15) is 42.6 Å². The molecule has 2 aliphatic heterocycles. The van der Waals surface area contributed by atoms with Gasteiger partial charge >= 0.3 is 0 Å². The number of benzene rings is 1. The standard InChI is InChI=1S/C30H32N6O/c1-3-7-25(23-10-13-37-19-23)28-20(2)32-30(33-28)29-26-15-22(8-9-27(26)34-35-29)24-14-21(16-31-17-24)18-36-11-5-4-6-12-36/h3,7-9,14-17,19H,1,4-6,10-13,18H2,2H3,(H,32,33)(H,34,35)/b25-7-. The Morgan fingerprint density at radius 2 is 2.03 bits per heavy atom. The van der Waals surface area contributed by atoms with Crippen LogP contribution in [0.5, 0.6) is 0 Å².